The maximum absolute atomic E-state index is 12.9. The van der Waals surface area contributed by atoms with Gasteiger partial charge in [0.1, 0.15) is 0 Å². The number of aromatic amines is 1. The molecule has 0 radical (unpaired) electrons. The number of H-pyrrole nitrogens is 1. The molecule has 0 unspecified atom stereocenters. The lowest BCUT2D eigenvalue weighted by Crippen LogP contribution is -2.42. The maximum atomic E-state index is 12.9. The highest BCUT2D eigenvalue weighted by molar-refractivity contribution is 5.84. The number of piperidine rings is 1. The Morgan fingerprint density at radius 1 is 1.32 bits per heavy atom. The van der Waals surface area contributed by atoms with Crippen molar-refractivity contribution in [3.05, 3.63) is 39.8 Å². The predicted octanol–water partition coefficient (Wildman–Crippen LogP) is 1.80. The maximum Gasteiger partial charge on any atom is 0.389 e. The van der Waals surface area contributed by atoms with Crippen molar-refractivity contribution in [1.29, 1.82) is 0 Å². The molecule has 0 aromatic carbocycles. The van der Waals surface area contributed by atoms with Gasteiger partial charge in [0, 0.05) is 24.3 Å². The van der Waals surface area contributed by atoms with E-state index in [1.54, 1.807) is 17.1 Å². The molecule has 4 rings (SSSR count). The average Bonchev–Trinajstić information content (AvgIpc) is 3.30. The van der Waals surface area contributed by atoms with Gasteiger partial charge in [0.25, 0.3) is 0 Å². The first-order valence-corrected chi connectivity index (χ1v) is 8.64. The van der Waals surface area contributed by atoms with Crippen LogP contribution in [0.25, 0.3) is 0 Å². The molecule has 0 spiro atoms. The summed E-state index contributed by atoms with van der Waals surface area (Å²) < 4.78 is 1.66. The van der Waals surface area contributed by atoms with Gasteiger partial charge in [0.15, 0.2) is 0 Å². The third kappa shape index (κ3) is 2.90. The van der Waals surface area contributed by atoms with Gasteiger partial charge in [-0.2, -0.15) is 9.78 Å². The van der Waals surface area contributed by atoms with Gasteiger partial charge in [0.05, 0.1) is 35.5 Å². The van der Waals surface area contributed by atoms with Crippen LogP contribution >= 0.6 is 0 Å². The minimum atomic E-state index is -0.485. The average molecular weight is 344 g/mol. The van der Waals surface area contributed by atoms with E-state index in [0.29, 0.717) is 13.1 Å². The zero-order chi connectivity index (χ0) is 17.4. The summed E-state index contributed by atoms with van der Waals surface area (Å²) in [5.41, 5.74) is 2.13. The Balaban J connectivity index is 1.40. The lowest BCUT2D eigenvalue weighted by atomic mass is 9.85. The number of hydrogen-bond acceptors (Lipinski definition) is 5. The largest absolute Gasteiger partial charge is 0.389 e. The van der Waals surface area contributed by atoms with Crippen molar-refractivity contribution in [2.45, 2.75) is 44.1 Å². The van der Waals surface area contributed by atoms with Crippen molar-refractivity contribution in [2.75, 3.05) is 13.1 Å². The molecule has 1 fully saturated rings. The molecule has 132 valence electrons. The minimum absolute atomic E-state index is 0.0927. The van der Waals surface area contributed by atoms with Gasteiger partial charge in [-0.1, -0.05) is 0 Å². The lowest BCUT2D eigenvalue weighted by molar-refractivity contribution is -0.389. The third-order valence-electron chi connectivity index (χ3n) is 5.28. The monoisotopic (exact) mass is 344 g/mol. The number of nitrogens with zero attached hydrogens (tertiary/aromatic N) is 5. The van der Waals surface area contributed by atoms with Crippen LogP contribution in [-0.4, -0.2) is 48.8 Å². The Kier molecular flexibility index (Phi) is 3.98. The number of nitro groups is 1. The summed E-state index contributed by atoms with van der Waals surface area (Å²) >= 11 is 0. The van der Waals surface area contributed by atoms with Crippen LogP contribution in [0.15, 0.2) is 18.5 Å². The van der Waals surface area contributed by atoms with Crippen molar-refractivity contribution in [3.63, 3.8) is 0 Å². The van der Waals surface area contributed by atoms with Crippen LogP contribution in [0.5, 0.6) is 0 Å². The molecule has 2 aliphatic rings. The quantitative estimate of drug-likeness (QED) is 0.674. The first-order chi connectivity index (χ1) is 12.1. The molecule has 1 saturated heterocycles. The van der Waals surface area contributed by atoms with Gasteiger partial charge >= 0.3 is 5.82 Å². The van der Waals surface area contributed by atoms with Crippen LogP contribution in [0.4, 0.5) is 5.82 Å². The Morgan fingerprint density at radius 3 is 2.84 bits per heavy atom. The Morgan fingerprint density at radius 2 is 2.12 bits per heavy atom. The van der Waals surface area contributed by atoms with Gasteiger partial charge in [0.2, 0.25) is 5.91 Å². The molecule has 2 aromatic rings. The Labute approximate surface area is 144 Å². The topological polar surface area (TPSA) is 110 Å². The SMILES string of the molecule is O=C([C@@H]1CCCc2[nH]ncc21)N1CCC(n2ccc([N+](=O)[O-])n2)CC1. The number of amides is 1. The first-order valence-electron chi connectivity index (χ1n) is 8.64. The molecule has 25 heavy (non-hydrogen) atoms. The molecule has 1 atom stereocenters. The number of aryl methyl sites for hydroxylation is 1. The van der Waals surface area contributed by atoms with Crippen molar-refractivity contribution < 1.29 is 9.72 Å². The number of carbonyl (C=O) groups excluding carboxylic acids is 1. The highest BCUT2D eigenvalue weighted by atomic mass is 16.6. The van der Waals surface area contributed by atoms with E-state index in [9.17, 15) is 14.9 Å². The molecule has 1 N–H and O–H groups in total. The molecule has 2 aromatic heterocycles. The smallest absolute Gasteiger partial charge is 0.358 e. The third-order valence-corrected chi connectivity index (χ3v) is 5.28. The zero-order valence-electron chi connectivity index (χ0n) is 13.8. The van der Waals surface area contributed by atoms with E-state index in [1.807, 2.05) is 4.90 Å². The fourth-order valence-electron chi connectivity index (χ4n) is 3.92. The number of hydrogen-bond donors (Lipinski definition) is 1. The van der Waals surface area contributed by atoms with E-state index in [1.165, 1.54) is 6.07 Å². The highest BCUT2D eigenvalue weighted by Crippen LogP contribution is 2.33. The van der Waals surface area contributed by atoms with Crippen LogP contribution in [0.3, 0.4) is 0 Å². The summed E-state index contributed by atoms with van der Waals surface area (Å²) in [4.78, 5) is 25.1. The number of nitrogens with one attached hydrogen (secondary N) is 1. The summed E-state index contributed by atoms with van der Waals surface area (Å²) in [5, 5.41) is 21.9. The van der Waals surface area contributed by atoms with Crippen molar-refractivity contribution in [1.82, 2.24) is 24.9 Å². The molecule has 1 aliphatic heterocycles. The summed E-state index contributed by atoms with van der Waals surface area (Å²) in [6.07, 6.45) is 7.78. The lowest BCUT2D eigenvalue weighted by Gasteiger charge is -2.34. The Bertz CT molecular complexity index is 789. The summed E-state index contributed by atoms with van der Waals surface area (Å²) in [5.74, 6) is -0.0507. The van der Waals surface area contributed by atoms with Gasteiger partial charge < -0.3 is 15.0 Å². The van der Waals surface area contributed by atoms with Crippen LogP contribution in [-0.2, 0) is 11.2 Å². The molecule has 0 saturated carbocycles. The number of rotatable bonds is 3. The number of aromatic nitrogens is 4. The van der Waals surface area contributed by atoms with E-state index in [-0.39, 0.29) is 23.7 Å². The van der Waals surface area contributed by atoms with Crippen molar-refractivity contribution in [2.24, 2.45) is 0 Å². The zero-order valence-corrected chi connectivity index (χ0v) is 13.8. The summed E-state index contributed by atoms with van der Waals surface area (Å²) in [6.45, 7) is 1.31. The summed E-state index contributed by atoms with van der Waals surface area (Å²) in [7, 11) is 0. The van der Waals surface area contributed by atoms with E-state index in [2.05, 4.69) is 15.3 Å². The summed E-state index contributed by atoms with van der Waals surface area (Å²) in [6, 6.07) is 1.52. The number of likely N-dealkylation sites (tertiary alicyclic amines) is 1. The molecule has 9 heteroatoms. The second-order valence-electron chi connectivity index (χ2n) is 6.72. The second kappa shape index (κ2) is 6.30. The molecule has 9 nitrogen and oxygen atoms in total. The molecule has 1 aliphatic carbocycles. The van der Waals surface area contributed by atoms with Gasteiger partial charge in [-0.25, -0.2) is 0 Å². The van der Waals surface area contributed by atoms with Crippen molar-refractivity contribution >= 4 is 11.7 Å². The first kappa shape index (κ1) is 15.8. The molecular weight excluding hydrogens is 324 g/mol. The van der Waals surface area contributed by atoms with Gasteiger partial charge in [-0.15, -0.1) is 0 Å². The van der Waals surface area contributed by atoms with Crippen LogP contribution < -0.4 is 0 Å². The van der Waals surface area contributed by atoms with E-state index < -0.39 is 4.92 Å². The Hall–Kier alpha value is -2.71. The highest BCUT2D eigenvalue weighted by Gasteiger charge is 2.34. The predicted molar refractivity (Wildman–Crippen MR) is 88.0 cm³/mol. The van der Waals surface area contributed by atoms with Gasteiger partial charge in [-0.05, 0) is 37.0 Å². The standard InChI is InChI=1S/C16H20N6O3/c23-16(12-2-1-3-14-13(12)10-17-18-14)20-7-4-11(5-8-20)21-9-6-15(19-21)22(24)25/h6,9-12H,1-5,7-8H2,(H,17,18)/t12-/m1/s1. The van der Waals surface area contributed by atoms with Gasteiger partial charge in [-0.3, -0.25) is 9.89 Å². The molecule has 3 heterocycles. The van der Waals surface area contributed by atoms with Crippen molar-refractivity contribution in [3.8, 4) is 0 Å². The molecule has 1 amide bonds. The molecular formula is C16H20N6O3. The molecule has 0 bridgehead atoms. The minimum Gasteiger partial charge on any atom is -0.358 e. The van der Waals surface area contributed by atoms with Crippen LogP contribution in [0.2, 0.25) is 0 Å². The fourth-order valence-corrected chi connectivity index (χ4v) is 3.92. The van der Waals surface area contributed by atoms with E-state index in [0.717, 1.165) is 43.4 Å². The van der Waals surface area contributed by atoms with E-state index in [4.69, 9.17) is 0 Å². The van der Waals surface area contributed by atoms with Crippen LogP contribution in [0.1, 0.15) is 48.9 Å². The van der Waals surface area contributed by atoms with Crippen LogP contribution in [0, 0.1) is 10.1 Å². The second-order valence-corrected chi connectivity index (χ2v) is 6.72. The fraction of sp³-hybridized carbons (Fsp3) is 0.562. The van der Waals surface area contributed by atoms with E-state index >= 15 is 0 Å². The normalized spacial score (nSPS) is 21.1. The number of fused-ring (bicyclic) bond motifs is 1. The number of carbonyl (C=O) groups is 1.